The quantitative estimate of drug-likeness (QED) is 0.436. The highest BCUT2D eigenvalue weighted by Gasteiger charge is 1.94. The van der Waals surface area contributed by atoms with Gasteiger partial charge in [0.05, 0.1) is 0 Å². The van der Waals surface area contributed by atoms with Gasteiger partial charge in [0.2, 0.25) is 0 Å². The Balaban J connectivity index is 2.86. The zero-order valence-corrected chi connectivity index (χ0v) is 6.29. The molecule has 0 spiro atoms. The van der Waals surface area contributed by atoms with E-state index < -0.39 is 0 Å². The first kappa shape index (κ1) is 8.27. The van der Waals surface area contributed by atoms with E-state index in [4.69, 9.17) is 5.84 Å². The minimum absolute atomic E-state index is 0.444. The molecule has 0 rings (SSSR count). The van der Waals surface area contributed by atoms with E-state index in [0.29, 0.717) is 6.04 Å². The smallest absolute Gasteiger partial charge is 0.0272 e. The van der Waals surface area contributed by atoms with Gasteiger partial charge in [0.25, 0.3) is 0 Å². The maximum Gasteiger partial charge on any atom is 0.0272 e. The third-order valence-electron chi connectivity index (χ3n) is 0.856. The molecule has 3 N–H and O–H groups in total. The van der Waals surface area contributed by atoms with Crippen molar-refractivity contribution in [2.45, 2.75) is 19.9 Å². The van der Waals surface area contributed by atoms with Crippen molar-refractivity contribution in [3.05, 3.63) is 0 Å². The fourth-order valence-electron chi connectivity index (χ4n) is 0.343. The molecule has 0 saturated carbocycles. The van der Waals surface area contributed by atoms with Gasteiger partial charge in [-0.15, -0.1) is 0 Å². The van der Waals surface area contributed by atoms with Crippen molar-refractivity contribution in [3.63, 3.8) is 0 Å². The first-order chi connectivity index (χ1) is 3.81. The van der Waals surface area contributed by atoms with Crippen LogP contribution in [-0.2, 0) is 0 Å². The molecule has 8 heavy (non-hydrogen) atoms. The lowest BCUT2D eigenvalue weighted by molar-refractivity contribution is 0.626. The van der Waals surface area contributed by atoms with E-state index >= 15 is 0 Å². The van der Waals surface area contributed by atoms with Gasteiger partial charge in [-0.25, -0.2) is 0 Å². The molecule has 0 bridgehead atoms. The Hall–Kier alpha value is 0.270. The average Bonchev–Trinajstić information content (AvgIpc) is 1.83. The second-order valence-corrected chi connectivity index (χ2v) is 3.05. The van der Waals surface area contributed by atoms with Crippen LogP contribution in [0.5, 0.6) is 0 Å². The van der Waals surface area contributed by atoms with Crippen LogP contribution in [-0.4, -0.2) is 17.5 Å². The molecular formula is C5H14N2S. The van der Waals surface area contributed by atoms with E-state index in [2.05, 4.69) is 19.3 Å². The summed E-state index contributed by atoms with van der Waals surface area (Å²) in [6, 6.07) is 0.444. The Bertz CT molecular complexity index is 49.7. The highest BCUT2D eigenvalue weighted by molar-refractivity contribution is 7.99. The number of rotatable bonds is 4. The molecule has 0 aliphatic carbocycles. The molecule has 0 aliphatic heterocycles. The predicted octanol–water partition coefficient (Wildman–Crippen LogP) is 0.591. The Labute approximate surface area is 55.2 Å². The summed E-state index contributed by atoms with van der Waals surface area (Å²) in [5, 5.41) is 0. The molecule has 0 heterocycles. The van der Waals surface area contributed by atoms with Crippen LogP contribution in [0.2, 0.25) is 0 Å². The first-order valence-corrected chi connectivity index (χ1v) is 4.00. The van der Waals surface area contributed by atoms with Gasteiger partial charge in [0.1, 0.15) is 0 Å². The molecule has 0 aromatic heterocycles. The van der Waals surface area contributed by atoms with Crippen molar-refractivity contribution in [2.75, 3.05) is 11.5 Å². The van der Waals surface area contributed by atoms with E-state index in [1.807, 2.05) is 11.8 Å². The van der Waals surface area contributed by atoms with Crippen LogP contribution in [0.25, 0.3) is 0 Å². The summed E-state index contributed by atoms with van der Waals surface area (Å²) in [5.41, 5.74) is 2.68. The summed E-state index contributed by atoms with van der Waals surface area (Å²) in [5.74, 6) is 7.43. The molecule has 0 unspecified atom stereocenters. The zero-order valence-electron chi connectivity index (χ0n) is 5.48. The number of hydrogen-bond donors (Lipinski definition) is 2. The fourth-order valence-corrected chi connectivity index (χ4v) is 1.03. The second kappa shape index (κ2) is 5.41. The number of thioether (sulfide) groups is 1. The highest BCUT2D eigenvalue weighted by Crippen LogP contribution is 1.99. The van der Waals surface area contributed by atoms with Gasteiger partial charge >= 0.3 is 0 Å². The molecule has 1 atom stereocenters. The van der Waals surface area contributed by atoms with Gasteiger partial charge in [-0.3, -0.25) is 11.3 Å². The largest absolute Gasteiger partial charge is 0.271 e. The molecule has 0 aliphatic rings. The highest BCUT2D eigenvalue weighted by atomic mass is 32.2. The van der Waals surface area contributed by atoms with Crippen molar-refractivity contribution in [2.24, 2.45) is 5.84 Å². The van der Waals surface area contributed by atoms with Crippen molar-refractivity contribution in [1.29, 1.82) is 0 Å². The summed E-state index contributed by atoms with van der Waals surface area (Å²) >= 11 is 1.90. The lowest BCUT2D eigenvalue weighted by Crippen LogP contribution is -2.34. The third-order valence-corrected chi connectivity index (χ3v) is 2.00. The zero-order chi connectivity index (χ0) is 6.41. The summed E-state index contributed by atoms with van der Waals surface area (Å²) in [4.78, 5) is 0. The van der Waals surface area contributed by atoms with E-state index in [9.17, 15) is 0 Å². The van der Waals surface area contributed by atoms with Gasteiger partial charge in [-0.2, -0.15) is 11.8 Å². The second-order valence-electron chi connectivity index (χ2n) is 1.73. The monoisotopic (exact) mass is 134 g/mol. The number of nitrogens with one attached hydrogen (secondary N) is 1. The molecule has 0 radical (unpaired) electrons. The molecular weight excluding hydrogens is 120 g/mol. The Morgan fingerprint density at radius 2 is 2.38 bits per heavy atom. The third kappa shape index (κ3) is 4.43. The maximum atomic E-state index is 5.15. The standard InChI is InChI=1S/C5H14N2S/c1-3-8-4-5(2)7-6/h5,7H,3-4,6H2,1-2H3/t5-/m0/s1. The van der Waals surface area contributed by atoms with Crippen LogP contribution < -0.4 is 11.3 Å². The minimum Gasteiger partial charge on any atom is -0.271 e. The SMILES string of the molecule is CCSC[C@H](C)NN. The van der Waals surface area contributed by atoms with Crippen LogP contribution in [0.4, 0.5) is 0 Å². The molecule has 3 heteroatoms. The molecule has 2 nitrogen and oxygen atoms in total. The van der Waals surface area contributed by atoms with Crippen LogP contribution in [0.3, 0.4) is 0 Å². The van der Waals surface area contributed by atoms with Crippen LogP contribution in [0, 0.1) is 0 Å². The van der Waals surface area contributed by atoms with E-state index in [0.717, 1.165) is 5.75 Å². The van der Waals surface area contributed by atoms with Crippen molar-refractivity contribution in [3.8, 4) is 0 Å². The van der Waals surface area contributed by atoms with E-state index in [-0.39, 0.29) is 0 Å². The van der Waals surface area contributed by atoms with E-state index in [1.165, 1.54) is 5.75 Å². The van der Waals surface area contributed by atoms with Gasteiger partial charge in [-0.05, 0) is 12.7 Å². The van der Waals surface area contributed by atoms with E-state index in [1.54, 1.807) is 0 Å². The van der Waals surface area contributed by atoms with Crippen LogP contribution in [0.15, 0.2) is 0 Å². The van der Waals surface area contributed by atoms with Gasteiger partial charge < -0.3 is 0 Å². The maximum absolute atomic E-state index is 5.15. The van der Waals surface area contributed by atoms with Gasteiger partial charge in [0.15, 0.2) is 0 Å². The van der Waals surface area contributed by atoms with Gasteiger partial charge in [-0.1, -0.05) is 6.92 Å². The normalized spacial score (nSPS) is 13.9. The number of hydrogen-bond acceptors (Lipinski definition) is 3. The Morgan fingerprint density at radius 3 is 2.75 bits per heavy atom. The number of nitrogens with two attached hydrogens (primary N) is 1. The molecule has 0 aromatic carbocycles. The predicted molar refractivity (Wildman–Crippen MR) is 39.8 cm³/mol. The number of hydrazine groups is 1. The van der Waals surface area contributed by atoms with Gasteiger partial charge in [0, 0.05) is 11.8 Å². The molecule has 0 aromatic rings. The molecule has 0 amide bonds. The minimum atomic E-state index is 0.444. The fraction of sp³-hybridized carbons (Fsp3) is 1.00. The average molecular weight is 134 g/mol. The lowest BCUT2D eigenvalue weighted by atomic mass is 10.4. The summed E-state index contributed by atoms with van der Waals surface area (Å²) in [6.07, 6.45) is 0. The van der Waals surface area contributed by atoms with Crippen molar-refractivity contribution in [1.82, 2.24) is 5.43 Å². The molecule has 50 valence electrons. The topological polar surface area (TPSA) is 38.0 Å². The van der Waals surface area contributed by atoms with Crippen LogP contribution in [0.1, 0.15) is 13.8 Å². The summed E-state index contributed by atoms with van der Waals surface area (Å²) < 4.78 is 0. The summed E-state index contributed by atoms with van der Waals surface area (Å²) in [7, 11) is 0. The lowest BCUT2D eigenvalue weighted by Gasteiger charge is -2.06. The summed E-state index contributed by atoms with van der Waals surface area (Å²) in [6.45, 7) is 4.22. The van der Waals surface area contributed by atoms with Crippen molar-refractivity contribution >= 4 is 11.8 Å². The first-order valence-electron chi connectivity index (χ1n) is 2.85. The Kier molecular flexibility index (Phi) is 5.59. The molecule has 0 fully saturated rings. The Morgan fingerprint density at radius 1 is 1.75 bits per heavy atom. The molecule has 0 saturated heterocycles. The van der Waals surface area contributed by atoms with Crippen LogP contribution >= 0.6 is 11.8 Å². The van der Waals surface area contributed by atoms with Crippen molar-refractivity contribution < 1.29 is 0 Å².